The minimum absolute atomic E-state index is 0.0237. The van der Waals surface area contributed by atoms with E-state index in [-0.39, 0.29) is 11.4 Å². The van der Waals surface area contributed by atoms with Gasteiger partial charge in [-0.2, -0.15) is 0 Å². The molecule has 24 heavy (non-hydrogen) atoms. The van der Waals surface area contributed by atoms with E-state index in [9.17, 15) is 4.39 Å². The number of hydrogen-bond donors (Lipinski definition) is 2. The Hall–Kier alpha value is -1.66. The van der Waals surface area contributed by atoms with Crippen LogP contribution in [-0.2, 0) is 11.3 Å². The van der Waals surface area contributed by atoms with Crippen molar-refractivity contribution in [2.75, 3.05) is 39.4 Å². The zero-order valence-corrected chi connectivity index (χ0v) is 14.9. The number of hydrogen-bond acceptors (Lipinski definition) is 3. The molecule has 1 aliphatic heterocycles. The summed E-state index contributed by atoms with van der Waals surface area (Å²) >= 11 is 0. The van der Waals surface area contributed by atoms with Crippen LogP contribution in [0.3, 0.4) is 0 Å². The molecule has 2 rings (SSSR count). The molecule has 0 atom stereocenters. The summed E-state index contributed by atoms with van der Waals surface area (Å²) in [5.74, 6) is 0.559. The number of aliphatic imine (C=N–C) groups is 1. The molecular weight excluding hydrogens is 307 g/mol. The summed E-state index contributed by atoms with van der Waals surface area (Å²) in [6, 6.07) is 6.46. The predicted octanol–water partition coefficient (Wildman–Crippen LogP) is 1.99. The zero-order chi connectivity index (χ0) is 17.4. The molecule has 0 amide bonds. The summed E-state index contributed by atoms with van der Waals surface area (Å²) in [6.07, 6.45) is 0. The average molecular weight is 336 g/mol. The lowest BCUT2D eigenvalue weighted by molar-refractivity contribution is -0.00834. The molecule has 1 aromatic rings. The van der Waals surface area contributed by atoms with E-state index in [1.165, 1.54) is 12.1 Å². The number of nitrogens with one attached hydrogen (secondary N) is 2. The lowest BCUT2D eigenvalue weighted by atomic mass is 10.0. The van der Waals surface area contributed by atoms with Crippen LogP contribution >= 0.6 is 0 Å². The highest BCUT2D eigenvalue weighted by atomic mass is 19.1. The largest absolute Gasteiger partial charge is 0.379 e. The summed E-state index contributed by atoms with van der Waals surface area (Å²) in [7, 11) is 0. The van der Waals surface area contributed by atoms with Gasteiger partial charge in [0.2, 0.25) is 0 Å². The number of guanidine groups is 1. The summed E-state index contributed by atoms with van der Waals surface area (Å²) in [6.45, 7) is 12.1. The molecule has 0 aliphatic carbocycles. The van der Waals surface area contributed by atoms with E-state index < -0.39 is 0 Å². The molecule has 1 heterocycles. The number of benzene rings is 1. The molecule has 2 N–H and O–H groups in total. The van der Waals surface area contributed by atoms with E-state index >= 15 is 0 Å². The van der Waals surface area contributed by atoms with Gasteiger partial charge in [-0.3, -0.25) is 4.90 Å². The molecule has 0 unspecified atom stereocenters. The van der Waals surface area contributed by atoms with Crippen molar-refractivity contribution in [1.29, 1.82) is 0 Å². The Kier molecular flexibility index (Phi) is 6.99. The maximum atomic E-state index is 13.0. The number of morpholine rings is 1. The molecular formula is C18H29FN4O. The van der Waals surface area contributed by atoms with Crippen molar-refractivity contribution in [2.45, 2.75) is 32.9 Å². The van der Waals surface area contributed by atoms with Crippen LogP contribution in [0.15, 0.2) is 29.3 Å². The normalized spacial score (nSPS) is 16.9. The number of halogens is 1. The number of rotatable bonds is 6. The highest BCUT2D eigenvalue weighted by Gasteiger charge is 2.28. The molecule has 0 bridgehead atoms. The van der Waals surface area contributed by atoms with Crippen molar-refractivity contribution in [3.63, 3.8) is 0 Å². The van der Waals surface area contributed by atoms with Crippen LogP contribution in [0.5, 0.6) is 0 Å². The molecule has 0 aromatic heterocycles. The third-order valence-electron chi connectivity index (χ3n) is 4.23. The maximum Gasteiger partial charge on any atom is 0.191 e. The lowest BCUT2D eigenvalue weighted by Crippen LogP contribution is -2.56. The Balaban J connectivity index is 1.91. The Bertz CT molecular complexity index is 524. The van der Waals surface area contributed by atoms with Gasteiger partial charge in [-0.05, 0) is 38.5 Å². The summed E-state index contributed by atoms with van der Waals surface area (Å²) in [5, 5.41) is 6.68. The zero-order valence-electron chi connectivity index (χ0n) is 14.9. The molecule has 1 fully saturated rings. The second kappa shape index (κ2) is 8.99. The Morgan fingerprint density at radius 3 is 2.50 bits per heavy atom. The number of ether oxygens (including phenoxy) is 1. The predicted molar refractivity (Wildman–Crippen MR) is 95.7 cm³/mol. The minimum Gasteiger partial charge on any atom is -0.379 e. The van der Waals surface area contributed by atoms with Crippen molar-refractivity contribution in [3.8, 4) is 0 Å². The highest BCUT2D eigenvalue weighted by Crippen LogP contribution is 2.15. The van der Waals surface area contributed by atoms with E-state index in [2.05, 4.69) is 34.4 Å². The van der Waals surface area contributed by atoms with E-state index in [4.69, 9.17) is 4.74 Å². The van der Waals surface area contributed by atoms with E-state index in [0.29, 0.717) is 6.54 Å². The monoisotopic (exact) mass is 336 g/mol. The summed E-state index contributed by atoms with van der Waals surface area (Å²) in [4.78, 5) is 7.03. The van der Waals surface area contributed by atoms with Crippen LogP contribution in [0.25, 0.3) is 0 Å². The van der Waals surface area contributed by atoms with E-state index in [0.717, 1.165) is 50.9 Å². The van der Waals surface area contributed by atoms with Crippen LogP contribution in [0.2, 0.25) is 0 Å². The lowest BCUT2D eigenvalue weighted by Gasteiger charge is -2.41. The third kappa shape index (κ3) is 5.76. The van der Waals surface area contributed by atoms with Crippen molar-refractivity contribution in [2.24, 2.45) is 4.99 Å². The van der Waals surface area contributed by atoms with Crippen molar-refractivity contribution in [3.05, 3.63) is 35.6 Å². The molecule has 6 heteroatoms. The summed E-state index contributed by atoms with van der Waals surface area (Å²) < 4.78 is 18.4. The van der Waals surface area contributed by atoms with Crippen molar-refractivity contribution >= 4 is 5.96 Å². The molecule has 1 aliphatic rings. The molecule has 1 aromatic carbocycles. The van der Waals surface area contributed by atoms with Gasteiger partial charge in [0.25, 0.3) is 0 Å². The van der Waals surface area contributed by atoms with Crippen LogP contribution < -0.4 is 10.6 Å². The second-order valence-electron chi connectivity index (χ2n) is 6.59. The van der Waals surface area contributed by atoms with Gasteiger partial charge in [-0.15, -0.1) is 0 Å². The van der Waals surface area contributed by atoms with Crippen LogP contribution in [0.1, 0.15) is 26.3 Å². The second-order valence-corrected chi connectivity index (χ2v) is 6.59. The van der Waals surface area contributed by atoms with Gasteiger partial charge in [-0.1, -0.05) is 12.1 Å². The van der Waals surface area contributed by atoms with Crippen molar-refractivity contribution < 1.29 is 9.13 Å². The first-order valence-electron chi connectivity index (χ1n) is 8.60. The first-order valence-corrected chi connectivity index (χ1v) is 8.60. The van der Waals surface area contributed by atoms with Gasteiger partial charge in [0.1, 0.15) is 5.82 Å². The minimum atomic E-state index is -0.222. The van der Waals surface area contributed by atoms with Gasteiger partial charge >= 0.3 is 0 Å². The third-order valence-corrected chi connectivity index (χ3v) is 4.23. The maximum absolute atomic E-state index is 13.0. The molecule has 134 valence electrons. The van der Waals surface area contributed by atoms with Crippen LogP contribution in [0, 0.1) is 5.82 Å². The van der Waals surface area contributed by atoms with Gasteiger partial charge in [-0.25, -0.2) is 9.38 Å². The van der Waals surface area contributed by atoms with Gasteiger partial charge in [0.05, 0.1) is 19.8 Å². The quantitative estimate of drug-likeness (QED) is 0.616. The van der Waals surface area contributed by atoms with Gasteiger partial charge in [0.15, 0.2) is 5.96 Å². The van der Waals surface area contributed by atoms with Gasteiger partial charge < -0.3 is 15.4 Å². The molecule has 1 saturated heterocycles. The van der Waals surface area contributed by atoms with E-state index in [1.54, 1.807) is 12.1 Å². The highest BCUT2D eigenvalue weighted by molar-refractivity contribution is 5.79. The first-order chi connectivity index (χ1) is 11.5. The molecule has 0 saturated carbocycles. The Morgan fingerprint density at radius 1 is 1.21 bits per heavy atom. The fourth-order valence-corrected chi connectivity index (χ4v) is 2.68. The fraction of sp³-hybridized carbons (Fsp3) is 0.611. The topological polar surface area (TPSA) is 48.9 Å². The number of nitrogens with zero attached hydrogens (tertiary/aromatic N) is 2. The SMILES string of the molecule is CCNC(=NCc1ccc(F)cc1)NCC(C)(C)N1CCOCC1. The first kappa shape index (κ1) is 18.7. The molecule has 0 spiro atoms. The van der Waals surface area contributed by atoms with Crippen molar-refractivity contribution in [1.82, 2.24) is 15.5 Å². The van der Waals surface area contributed by atoms with Crippen LogP contribution in [0.4, 0.5) is 4.39 Å². The van der Waals surface area contributed by atoms with E-state index in [1.807, 2.05) is 6.92 Å². The Morgan fingerprint density at radius 2 is 1.88 bits per heavy atom. The standard InChI is InChI=1S/C18H29FN4O/c1-4-20-17(21-13-15-5-7-16(19)8-6-15)22-14-18(2,3)23-9-11-24-12-10-23/h5-8H,4,9-14H2,1-3H3,(H2,20,21,22). The molecule has 0 radical (unpaired) electrons. The average Bonchev–Trinajstić information content (AvgIpc) is 2.59. The fourth-order valence-electron chi connectivity index (χ4n) is 2.68. The van der Waals surface area contributed by atoms with Crippen LogP contribution in [-0.4, -0.2) is 55.8 Å². The molecule has 5 nitrogen and oxygen atoms in total. The Labute approximate surface area is 144 Å². The summed E-state index contributed by atoms with van der Waals surface area (Å²) in [5.41, 5.74) is 1.01. The van der Waals surface area contributed by atoms with Gasteiger partial charge in [0, 0.05) is 31.7 Å². The smallest absolute Gasteiger partial charge is 0.191 e.